The zero-order chi connectivity index (χ0) is 16.2. The van der Waals surface area contributed by atoms with Crippen LogP contribution >= 0.6 is 0 Å². The van der Waals surface area contributed by atoms with Crippen molar-refractivity contribution in [2.75, 3.05) is 25.0 Å². The topological polar surface area (TPSA) is 87.3 Å². The molecule has 0 aliphatic carbocycles. The SMILES string of the molecule is CCOC(=O)N1CCC(Nc2n[nH]c(=O)c3ccccc23)CC1. The lowest BCUT2D eigenvalue weighted by Crippen LogP contribution is -2.42. The lowest BCUT2D eigenvalue weighted by molar-refractivity contribution is 0.0983. The van der Waals surface area contributed by atoms with Gasteiger partial charge in [-0.05, 0) is 25.8 Å². The molecule has 0 bridgehead atoms. The van der Waals surface area contributed by atoms with E-state index in [1.807, 2.05) is 18.2 Å². The van der Waals surface area contributed by atoms with E-state index in [9.17, 15) is 9.59 Å². The summed E-state index contributed by atoms with van der Waals surface area (Å²) in [6.07, 6.45) is 1.38. The number of benzene rings is 1. The maximum Gasteiger partial charge on any atom is 0.409 e. The van der Waals surface area contributed by atoms with Gasteiger partial charge in [-0.3, -0.25) is 4.79 Å². The molecule has 1 aliphatic heterocycles. The molecule has 23 heavy (non-hydrogen) atoms. The molecule has 2 N–H and O–H groups in total. The second-order valence-corrected chi connectivity index (χ2v) is 5.55. The van der Waals surface area contributed by atoms with Crippen LogP contribution in [0.3, 0.4) is 0 Å². The van der Waals surface area contributed by atoms with Crippen LogP contribution in [0.5, 0.6) is 0 Å². The fourth-order valence-electron chi connectivity index (χ4n) is 2.84. The summed E-state index contributed by atoms with van der Waals surface area (Å²) in [6.45, 7) is 3.50. The van der Waals surface area contributed by atoms with Gasteiger partial charge in [0.25, 0.3) is 5.56 Å². The molecule has 1 saturated heterocycles. The van der Waals surface area contributed by atoms with Crippen LogP contribution in [0.4, 0.5) is 10.6 Å². The number of rotatable bonds is 3. The van der Waals surface area contributed by atoms with Crippen molar-refractivity contribution in [3.8, 4) is 0 Å². The molecule has 1 amide bonds. The van der Waals surface area contributed by atoms with Crippen LogP contribution in [0.25, 0.3) is 10.8 Å². The Balaban J connectivity index is 1.69. The van der Waals surface area contributed by atoms with E-state index in [2.05, 4.69) is 15.5 Å². The second-order valence-electron chi connectivity index (χ2n) is 5.55. The summed E-state index contributed by atoms with van der Waals surface area (Å²) in [6, 6.07) is 7.59. The zero-order valence-corrected chi connectivity index (χ0v) is 13.0. The Morgan fingerprint density at radius 1 is 1.35 bits per heavy atom. The first-order valence-corrected chi connectivity index (χ1v) is 7.84. The van der Waals surface area contributed by atoms with Gasteiger partial charge in [-0.25, -0.2) is 9.89 Å². The monoisotopic (exact) mass is 316 g/mol. The zero-order valence-electron chi connectivity index (χ0n) is 13.0. The normalized spacial score (nSPS) is 15.6. The van der Waals surface area contributed by atoms with Gasteiger partial charge in [0.1, 0.15) is 0 Å². The number of piperidine rings is 1. The van der Waals surface area contributed by atoms with E-state index < -0.39 is 0 Å². The van der Waals surface area contributed by atoms with Gasteiger partial charge < -0.3 is 15.0 Å². The van der Waals surface area contributed by atoms with E-state index >= 15 is 0 Å². The van der Waals surface area contributed by atoms with Gasteiger partial charge in [0.15, 0.2) is 5.82 Å². The standard InChI is InChI=1S/C16H20N4O3/c1-2-23-16(22)20-9-7-11(8-10-20)17-14-12-5-3-4-6-13(12)15(21)19-18-14/h3-6,11H,2,7-10H2,1H3,(H,17,18)(H,19,21). The van der Waals surface area contributed by atoms with Crippen molar-refractivity contribution in [3.63, 3.8) is 0 Å². The van der Waals surface area contributed by atoms with Crippen LogP contribution in [-0.2, 0) is 4.74 Å². The van der Waals surface area contributed by atoms with Crippen molar-refractivity contribution in [1.82, 2.24) is 15.1 Å². The number of aromatic nitrogens is 2. The molecular weight excluding hydrogens is 296 g/mol. The second kappa shape index (κ2) is 6.68. The first-order chi connectivity index (χ1) is 11.2. The molecule has 1 aromatic carbocycles. The van der Waals surface area contributed by atoms with Crippen LogP contribution in [0.1, 0.15) is 19.8 Å². The number of nitrogens with one attached hydrogen (secondary N) is 2. The molecule has 0 saturated carbocycles. The van der Waals surface area contributed by atoms with E-state index in [1.165, 1.54) is 0 Å². The number of aromatic amines is 1. The first-order valence-electron chi connectivity index (χ1n) is 7.84. The van der Waals surface area contributed by atoms with Gasteiger partial charge in [-0.2, -0.15) is 5.10 Å². The third-order valence-electron chi connectivity index (χ3n) is 4.06. The van der Waals surface area contributed by atoms with Crippen molar-refractivity contribution < 1.29 is 9.53 Å². The number of ether oxygens (including phenoxy) is 1. The molecule has 1 aromatic heterocycles. The van der Waals surface area contributed by atoms with Crippen molar-refractivity contribution in [3.05, 3.63) is 34.6 Å². The molecule has 0 unspecified atom stereocenters. The number of hydrogen-bond donors (Lipinski definition) is 2. The van der Waals surface area contributed by atoms with Gasteiger partial charge in [-0.1, -0.05) is 18.2 Å². The van der Waals surface area contributed by atoms with E-state index in [0.717, 1.165) is 18.2 Å². The highest BCUT2D eigenvalue weighted by molar-refractivity contribution is 5.90. The van der Waals surface area contributed by atoms with Gasteiger partial charge in [-0.15, -0.1) is 0 Å². The molecule has 0 spiro atoms. The Morgan fingerprint density at radius 3 is 2.74 bits per heavy atom. The minimum Gasteiger partial charge on any atom is -0.450 e. The summed E-state index contributed by atoms with van der Waals surface area (Å²) in [7, 11) is 0. The molecule has 1 aliphatic rings. The van der Waals surface area contributed by atoms with Crippen molar-refractivity contribution in [2.24, 2.45) is 0 Å². The van der Waals surface area contributed by atoms with Crippen LogP contribution < -0.4 is 10.9 Å². The summed E-state index contributed by atoms with van der Waals surface area (Å²) in [5, 5.41) is 11.5. The summed E-state index contributed by atoms with van der Waals surface area (Å²) >= 11 is 0. The number of nitrogens with zero attached hydrogens (tertiary/aromatic N) is 2. The Labute approximate surface area is 133 Å². The number of likely N-dealkylation sites (tertiary alicyclic amines) is 1. The predicted molar refractivity (Wildman–Crippen MR) is 87.6 cm³/mol. The number of hydrogen-bond acceptors (Lipinski definition) is 5. The number of amides is 1. The molecule has 2 aromatic rings. The van der Waals surface area contributed by atoms with Crippen LogP contribution in [0, 0.1) is 0 Å². The van der Waals surface area contributed by atoms with Gasteiger partial charge >= 0.3 is 6.09 Å². The van der Waals surface area contributed by atoms with Gasteiger partial charge in [0.05, 0.1) is 12.0 Å². The summed E-state index contributed by atoms with van der Waals surface area (Å²) in [5.41, 5.74) is -0.191. The Bertz CT molecular complexity index is 750. The van der Waals surface area contributed by atoms with Crippen molar-refractivity contribution in [2.45, 2.75) is 25.8 Å². The Kier molecular flexibility index (Phi) is 4.45. The van der Waals surface area contributed by atoms with E-state index in [1.54, 1.807) is 17.9 Å². The molecule has 7 heteroatoms. The highest BCUT2D eigenvalue weighted by Crippen LogP contribution is 2.21. The quantitative estimate of drug-likeness (QED) is 0.904. The smallest absolute Gasteiger partial charge is 0.409 e. The number of fused-ring (bicyclic) bond motifs is 1. The minimum atomic E-state index is -0.251. The predicted octanol–water partition coefficient (Wildman–Crippen LogP) is 1.96. The minimum absolute atomic E-state index is 0.191. The fourth-order valence-corrected chi connectivity index (χ4v) is 2.84. The first kappa shape index (κ1) is 15.3. The van der Waals surface area contributed by atoms with E-state index in [4.69, 9.17) is 4.74 Å². The highest BCUT2D eigenvalue weighted by Gasteiger charge is 2.24. The molecule has 0 radical (unpaired) electrons. The fraction of sp³-hybridized carbons (Fsp3) is 0.438. The van der Waals surface area contributed by atoms with E-state index in [0.29, 0.717) is 30.9 Å². The van der Waals surface area contributed by atoms with Crippen molar-refractivity contribution in [1.29, 1.82) is 0 Å². The van der Waals surface area contributed by atoms with E-state index in [-0.39, 0.29) is 17.7 Å². The molecule has 122 valence electrons. The molecule has 0 atom stereocenters. The summed E-state index contributed by atoms with van der Waals surface area (Å²) in [5.74, 6) is 0.676. The third-order valence-corrected chi connectivity index (χ3v) is 4.06. The average Bonchev–Trinajstić information content (AvgIpc) is 2.58. The molecule has 2 heterocycles. The summed E-state index contributed by atoms with van der Waals surface area (Å²) in [4.78, 5) is 25.2. The maximum absolute atomic E-state index is 11.8. The van der Waals surface area contributed by atoms with Gasteiger partial charge in [0, 0.05) is 24.5 Å². The Hall–Kier alpha value is -2.57. The highest BCUT2D eigenvalue weighted by atomic mass is 16.6. The molecule has 7 nitrogen and oxygen atoms in total. The maximum atomic E-state index is 11.8. The third kappa shape index (κ3) is 3.28. The largest absolute Gasteiger partial charge is 0.450 e. The van der Waals surface area contributed by atoms with Crippen LogP contribution in [0.2, 0.25) is 0 Å². The summed E-state index contributed by atoms with van der Waals surface area (Å²) < 4.78 is 5.02. The number of H-pyrrole nitrogens is 1. The molecule has 1 fully saturated rings. The number of anilines is 1. The van der Waals surface area contributed by atoms with Crippen molar-refractivity contribution >= 4 is 22.7 Å². The van der Waals surface area contributed by atoms with Crippen LogP contribution in [-0.4, -0.2) is 46.9 Å². The molecular formula is C16H20N4O3. The average molecular weight is 316 g/mol. The Morgan fingerprint density at radius 2 is 2.04 bits per heavy atom. The number of carbonyl (C=O) groups excluding carboxylic acids is 1. The van der Waals surface area contributed by atoms with Gasteiger partial charge in [0.2, 0.25) is 0 Å². The lowest BCUT2D eigenvalue weighted by Gasteiger charge is -2.31. The number of carbonyl (C=O) groups is 1. The molecule has 3 rings (SSSR count). The lowest BCUT2D eigenvalue weighted by atomic mass is 10.0. The van der Waals surface area contributed by atoms with Crippen LogP contribution in [0.15, 0.2) is 29.1 Å².